The molecule has 1 saturated heterocycles. The van der Waals surface area contributed by atoms with Gasteiger partial charge in [0, 0.05) is 19.2 Å². The summed E-state index contributed by atoms with van der Waals surface area (Å²) in [5.74, 6) is 0. The van der Waals surface area contributed by atoms with Crippen LogP contribution in [0.15, 0.2) is 22.6 Å². The maximum absolute atomic E-state index is 10.7. The molecule has 1 aromatic carbocycles. The molecule has 0 amide bonds. The summed E-state index contributed by atoms with van der Waals surface area (Å²) in [5.41, 5.74) is 0.785. The van der Waals surface area contributed by atoms with E-state index in [2.05, 4.69) is 10.3 Å². The lowest BCUT2D eigenvalue weighted by Gasteiger charge is -2.22. The SMILES string of the molecule is CC1(CNc2nc3ccc([N+](=O)[O-])cc3o2)CCCO1. The van der Waals surface area contributed by atoms with Crippen LogP contribution in [0.2, 0.25) is 0 Å². The van der Waals surface area contributed by atoms with Crippen LogP contribution < -0.4 is 5.32 Å². The van der Waals surface area contributed by atoms with Crippen LogP contribution in [0.5, 0.6) is 0 Å². The van der Waals surface area contributed by atoms with Gasteiger partial charge in [-0.2, -0.15) is 4.98 Å². The van der Waals surface area contributed by atoms with Gasteiger partial charge in [0.25, 0.3) is 11.7 Å². The summed E-state index contributed by atoms with van der Waals surface area (Å²) in [4.78, 5) is 14.5. The predicted octanol–water partition coefficient (Wildman–Crippen LogP) is 2.72. The molecule has 2 heterocycles. The van der Waals surface area contributed by atoms with Crippen LogP contribution >= 0.6 is 0 Å². The van der Waals surface area contributed by atoms with Crippen LogP contribution in [0.3, 0.4) is 0 Å². The summed E-state index contributed by atoms with van der Waals surface area (Å²) in [7, 11) is 0. The van der Waals surface area contributed by atoms with Crippen molar-refractivity contribution in [2.75, 3.05) is 18.5 Å². The Morgan fingerprint density at radius 2 is 2.40 bits per heavy atom. The van der Waals surface area contributed by atoms with Crippen LogP contribution in [0.25, 0.3) is 11.1 Å². The second-order valence-corrected chi connectivity index (χ2v) is 5.18. The molecule has 1 N–H and O–H groups in total. The molecular formula is C13H15N3O4. The fraction of sp³-hybridized carbons (Fsp3) is 0.462. The number of anilines is 1. The smallest absolute Gasteiger partial charge is 0.295 e. The van der Waals surface area contributed by atoms with Crippen molar-refractivity contribution in [2.45, 2.75) is 25.4 Å². The van der Waals surface area contributed by atoms with Gasteiger partial charge < -0.3 is 14.5 Å². The van der Waals surface area contributed by atoms with Crippen molar-refractivity contribution in [3.63, 3.8) is 0 Å². The predicted molar refractivity (Wildman–Crippen MR) is 72.7 cm³/mol. The quantitative estimate of drug-likeness (QED) is 0.682. The van der Waals surface area contributed by atoms with E-state index < -0.39 is 4.92 Å². The number of ether oxygens (including phenoxy) is 1. The second-order valence-electron chi connectivity index (χ2n) is 5.18. The number of aromatic nitrogens is 1. The van der Waals surface area contributed by atoms with E-state index in [1.165, 1.54) is 12.1 Å². The number of nitrogens with one attached hydrogen (secondary N) is 1. The molecule has 0 spiro atoms. The van der Waals surface area contributed by atoms with Crippen LogP contribution in [0.4, 0.5) is 11.7 Å². The maximum atomic E-state index is 10.7. The van der Waals surface area contributed by atoms with Crippen LogP contribution in [0.1, 0.15) is 19.8 Å². The molecule has 0 saturated carbocycles. The van der Waals surface area contributed by atoms with Crippen molar-refractivity contribution in [2.24, 2.45) is 0 Å². The summed E-state index contributed by atoms with van der Waals surface area (Å²) >= 11 is 0. The summed E-state index contributed by atoms with van der Waals surface area (Å²) < 4.78 is 11.1. The minimum Gasteiger partial charge on any atom is -0.423 e. The molecule has 1 atom stereocenters. The van der Waals surface area contributed by atoms with Crippen molar-refractivity contribution in [3.8, 4) is 0 Å². The average Bonchev–Trinajstić information content (AvgIpc) is 3.01. The highest BCUT2D eigenvalue weighted by molar-refractivity contribution is 5.77. The number of hydrogen-bond acceptors (Lipinski definition) is 6. The van der Waals surface area contributed by atoms with Gasteiger partial charge in [0.2, 0.25) is 0 Å². The van der Waals surface area contributed by atoms with Gasteiger partial charge in [-0.3, -0.25) is 10.1 Å². The number of nitrogens with zero attached hydrogens (tertiary/aromatic N) is 2. The highest BCUT2D eigenvalue weighted by atomic mass is 16.6. The Hall–Kier alpha value is -2.15. The maximum Gasteiger partial charge on any atom is 0.295 e. The number of rotatable bonds is 4. The third-order valence-electron chi connectivity index (χ3n) is 3.50. The van der Waals surface area contributed by atoms with Crippen molar-refractivity contribution in [1.82, 2.24) is 4.98 Å². The van der Waals surface area contributed by atoms with Crippen LogP contribution in [-0.4, -0.2) is 28.7 Å². The Labute approximate surface area is 115 Å². The van der Waals surface area contributed by atoms with Gasteiger partial charge in [-0.15, -0.1) is 0 Å². The number of hydrogen-bond donors (Lipinski definition) is 1. The van der Waals surface area contributed by atoms with Gasteiger partial charge in [-0.05, 0) is 25.8 Å². The fourth-order valence-corrected chi connectivity index (χ4v) is 2.34. The monoisotopic (exact) mass is 277 g/mol. The molecule has 0 radical (unpaired) electrons. The van der Waals surface area contributed by atoms with Crippen molar-refractivity contribution in [3.05, 3.63) is 28.3 Å². The second kappa shape index (κ2) is 4.75. The number of nitro groups is 1. The first kappa shape index (κ1) is 12.9. The molecule has 2 aromatic rings. The van der Waals surface area contributed by atoms with Crippen LogP contribution in [0, 0.1) is 10.1 Å². The molecule has 1 fully saturated rings. The van der Waals surface area contributed by atoms with E-state index in [0.29, 0.717) is 23.7 Å². The number of non-ortho nitro benzene ring substituents is 1. The zero-order valence-corrected chi connectivity index (χ0v) is 11.1. The molecule has 1 aliphatic rings. The van der Waals surface area contributed by atoms with E-state index in [9.17, 15) is 10.1 Å². The van der Waals surface area contributed by atoms with E-state index >= 15 is 0 Å². The minimum atomic E-state index is -0.456. The lowest BCUT2D eigenvalue weighted by atomic mass is 10.0. The third kappa shape index (κ3) is 2.44. The molecule has 20 heavy (non-hydrogen) atoms. The number of fused-ring (bicyclic) bond motifs is 1. The van der Waals surface area contributed by atoms with Crippen molar-refractivity contribution >= 4 is 22.8 Å². The largest absolute Gasteiger partial charge is 0.423 e. The first-order valence-corrected chi connectivity index (χ1v) is 6.49. The molecule has 1 aliphatic heterocycles. The number of oxazole rings is 1. The highest BCUT2D eigenvalue weighted by Crippen LogP contribution is 2.27. The van der Waals surface area contributed by atoms with Gasteiger partial charge in [-0.1, -0.05) is 0 Å². The van der Waals surface area contributed by atoms with Gasteiger partial charge in [0.15, 0.2) is 5.58 Å². The van der Waals surface area contributed by atoms with Crippen molar-refractivity contribution < 1.29 is 14.1 Å². The molecule has 3 rings (SSSR count). The summed E-state index contributed by atoms with van der Waals surface area (Å²) in [6.45, 7) is 3.42. The number of nitro benzene ring substituents is 1. The van der Waals surface area contributed by atoms with E-state index in [-0.39, 0.29) is 11.3 Å². The Bertz CT molecular complexity index is 646. The van der Waals surface area contributed by atoms with E-state index in [1.807, 2.05) is 6.92 Å². The third-order valence-corrected chi connectivity index (χ3v) is 3.50. The highest BCUT2D eigenvalue weighted by Gasteiger charge is 2.29. The summed E-state index contributed by atoms with van der Waals surface area (Å²) in [6.07, 6.45) is 2.05. The van der Waals surface area contributed by atoms with Crippen molar-refractivity contribution in [1.29, 1.82) is 0 Å². The molecule has 106 valence electrons. The first-order valence-electron chi connectivity index (χ1n) is 6.49. The average molecular weight is 277 g/mol. The van der Waals surface area contributed by atoms with Gasteiger partial charge in [0.05, 0.1) is 16.6 Å². The molecular weight excluding hydrogens is 262 g/mol. The molecule has 0 bridgehead atoms. The van der Waals surface area contributed by atoms with Crippen LogP contribution in [-0.2, 0) is 4.74 Å². The topological polar surface area (TPSA) is 90.4 Å². The molecule has 0 aliphatic carbocycles. The zero-order chi connectivity index (χ0) is 14.2. The molecule has 1 aromatic heterocycles. The zero-order valence-electron chi connectivity index (χ0n) is 11.1. The lowest BCUT2D eigenvalue weighted by molar-refractivity contribution is -0.384. The standard InChI is InChI=1S/C13H15N3O4/c1-13(5-2-6-19-13)8-14-12-15-10-4-3-9(16(17)18)7-11(10)20-12/h3-4,7H,2,5-6,8H2,1H3,(H,14,15). The van der Waals surface area contributed by atoms with E-state index in [0.717, 1.165) is 19.4 Å². The Morgan fingerprint density at radius 3 is 3.10 bits per heavy atom. The minimum absolute atomic E-state index is 0.00807. The summed E-state index contributed by atoms with van der Waals surface area (Å²) in [5, 5.41) is 13.8. The molecule has 7 heteroatoms. The summed E-state index contributed by atoms with van der Waals surface area (Å²) in [6, 6.07) is 4.73. The van der Waals surface area contributed by atoms with E-state index in [1.54, 1.807) is 6.07 Å². The first-order chi connectivity index (χ1) is 9.56. The molecule has 1 unspecified atom stereocenters. The normalized spacial score (nSPS) is 22.2. The Kier molecular flexibility index (Phi) is 3.06. The molecule has 7 nitrogen and oxygen atoms in total. The fourth-order valence-electron chi connectivity index (χ4n) is 2.34. The Balaban J connectivity index is 1.77. The Morgan fingerprint density at radius 1 is 1.55 bits per heavy atom. The van der Waals surface area contributed by atoms with Gasteiger partial charge in [0.1, 0.15) is 5.52 Å². The number of benzene rings is 1. The van der Waals surface area contributed by atoms with Gasteiger partial charge >= 0.3 is 0 Å². The lowest BCUT2D eigenvalue weighted by Crippen LogP contribution is -2.32. The van der Waals surface area contributed by atoms with Gasteiger partial charge in [-0.25, -0.2) is 0 Å². The van der Waals surface area contributed by atoms with E-state index in [4.69, 9.17) is 9.15 Å².